The van der Waals surface area contributed by atoms with E-state index in [4.69, 9.17) is 4.74 Å². The average Bonchev–Trinajstić information content (AvgIpc) is 2.78. The summed E-state index contributed by atoms with van der Waals surface area (Å²) < 4.78 is 5.44. The van der Waals surface area contributed by atoms with Crippen molar-refractivity contribution >= 4 is 23.1 Å². The van der Waals surface area contributed by atoms with Crippen molar-refractivity contribution < 1.29 is 19.2 Å². The highest BCUT2D eigenvalue weighted by Gasteiger charge is 2.45. The molecule has 0 fully saturated rings. The summed E-state index contributed by atoms with van der Waals surface area (Å²) in [7, 11) is 0. The number of benzene rings is 2. The molecule has 0 radical (unpaired) electrons. The van der Waals surface area contributed by atoms with Gasteiger partial charge in [0, 0.05) is 30.0 Å². The van der Waals surface area contributed by atoms with Gasteiger partial charge >= 0.3 is 0 Å². The third-order valence-electron chi connectivity index (χ3n) is 6.63. The minimum Gasteiger partial charge on any atom is -0.494 e. The van der Waals surface area contributed by atoms with Crippen LogP contribution >= 0.6 is 0 Å². The van der Waals surface area contributed by atoms with Crippen LogP contribution in [0.25, 0.3) is 0 Å². The Morgan fingerprint density at radius 1 is 1.09 bits per heavy atom. The van der Waals surface area contributed by atoms with Gasteiger partial charge < -0.3 is 4.74 Å². The van der Waals surface area contributed by atoms with Gasteiger partial charge in [-0.05, 0) is 48.4 Å². The Balaban J connectivity index is 1.89. The maximum Gasteiger partial charge on any atom is 0.297 e. The summed E-state index contributed by atoms with van der Waals surface area (Å²) in [6.45, 7) is 8.23. The van der Waals surface area contributed by atoms with Gasteiger partial charge in [-0.15, -0.1) is 0 Å². The zero-order valence-electron chi connectivity index (χ0n) is 20.1. The van der Waals surface area contributed by atoms with Crippen LogP contribution in [0.2, 0.25) is 0 Å². The number of carbonyl (C=O) groups excluding carboxylic acids is 2. The smallest absolute Gasteiger partial charge is 0.297 e. The lowest BCUT2D eigenvalue weighted by atomic mass is 9.69. The molecule has 2 aromatic carbocycles. The number of hydrogen-bond donors (Lipinski definition) is 0. The van der Waals surface area contributed by atoms with Crippen LogP contribution in [-0.2, 0) is 16.0 Å². The van der Waals surface area contributed by atoms with Crippen molar-refractivity contribution in [2.24, 2.45) is 5.41 Å². The fourth-order valence-corrected chi connectivity index (χ4v) is 5.06. The molecule has 1 atom stereocenters. The fourth-order valence-electron chi connectivity index (χ4n) is 5.06. The molecule has 1 aliphatic carbocycles. The summed E-state index contributed by atoms with van der Waals surface area (Å²) >= 11 is 0. The second-order valence-corrected chi connectivity index (χ2v) is 9.72. The molecule has 0 aromatic heterocycles. The van der Waals surface area contributed by atoms with Crippen LogP contribution < -0.4 is 9.64 Å². The molecule has 4 rings (SSSR count). The number of carbonyl (C=O) groups is 2. The topological polar surface area (TPSA) is 89.8 Å². The molecule has 0 saturated carbocycles. The first-order valence-corrected chi connectivity index (χ1v) is 11.7. The molecule has 2 aromatic rings. The molecule has 1 aliphatic heterocycles. The van der Waals surface area contributed by atoms with E-state index in [1.165, 1.54) is 16.5 Å². The SMILES string of the molecule is CCOc1ccc(N2C(=O)CC(c3ccc(CC)cc3)C3=C2CC(C)(C)CC3=O)c([N+](=O)[O-])c1. The van der Waals surface area contributed by atoms with Crippen molar-refractivity contribution in [1.82, 2.24) is 0 Å². The van der Waals surface area contributed by atoms with Crippen molar-refractivity contribution in [3.63, 3.8) is 0 Å². The third-order valence-corrected chi connectivity index (χ3v) is 6.63. The number of ether oxygens (including phenoxy) is 1. The highest BCUT2D eigenvalue weighted by atomic mass is 16.6. The van der Waals surface area contributed by atoms with Crippen molar-refractivity contribution in [3.05, 3.63) is 75.0 Å². The average molecular weight is 463 g/mol. The Morgan fingerprint density at radius 2 is 1.79 bits per heavy atom. The van der Waals surface area contributed by atoms with Crippen LogP contribution in [0, 0.1) is 15.5 Å². The van der Waals surface area contributed by atoms with Gasteiger partial charge in [-0.2, -0.15) is 0 Å². The van der Waals surface area contributed by atoms with Crippen LogP contribution in [0.5, 0.6) is 5.75 Å². The molecular formula is C27H30N2O5. The van der Waals surface area contributed by atoms with E-state index in [0.29, 0.717) is 36.5 Å². The number of Topliss-reactive ketones (excluding diaryl/α,β-unsaturated/α-hetero) is 1. The molecule has 0 saturated heterocycles. The van der Waals surface area contributed by atoms with E-state index in [1.807, 2.05) is 38.1 Å². The van der Waals surface area contributed by atoms with Crippen molar-refractivity contribution in [2.75, 3.05) is 11.5 Å². The molecule has 1 amide bonds. The summed E-state index contributed by atoms with van der Waals surface area (Å²) in [5, 5.41) is 12.0. The number of allylic oxidation sites excluding steroid dienone is 2. The largest absolute Gasteiger partial charge is 0.494 e. The number of nitro benzene ring substituents is 1. The van der Waals surface area contributed by atoms with Crippen LogP contribution in [0.15, 0.2) is 53.7 Å². The maximum absolute atomic E-state index is 13.6. The molecule has 0 bridgehead atoms. The quantitative estimate of drug-likeness (QED) is 0.405. The number of anilines is 1. The first-order chi connectivity index (χ1) is 16.1. The molecule has 0 spiro atoms. The van der Waals surface area contributed by atoms with E-state index in [-0.39, 0.29) is 40.8 Å². The molecule has 0 N–H and O–H groups in total. The standard InChI is InChI=1S/C27H30N2O5/c1-5-17-7-9-18(10-8-17)20-14-25(31)28(23-15-27(3,4)16-24(30)26(20)23)21-12-11-19(34-6-2)13-22(21)29(32)33/h7-13,20H,5-6,14-16H2,1-4H3. The van der Waals surface area contributed by atoms with Gasteiger partial charge in [0.15, 0.2) is 5.78 Å². The molecule has 1 heterocycles. The molecule has 1 unspecified atom stereocenters. The third kappa shape index (κ3) is 4.34. The summed E-state index contributed by atoms with van der Waals surface area (Å²) in [6.07, 6.45) is 1.84. The monoisotopic (exact) mass is 462 g/mol. The van der Waals surface area contributed by atoms with Crippen molar-refractivity contribution in [2.45, 2.75) is 59.3 Å². The zero-order chi connectivity index (χ0) is 24.6. The van der Waals surface area contributed by atoms with Gasteiger partial charge in [0.25, 0.3) is 5.69 Å². The van der Waals surface area contributed by atoms with Gasteiger partial charge in [-0.3, -0.25) is 24.6 Å². The number of ketones is 1. The second-order valence-electron chi connectivity index (χ2n) is 9.72. The molecule has 7 heteroatoms. The minimum atomic E-state index is -0.503. The molecule has 34 heavy (non-hydrogen) atoms. The van der Waals surface area contributed by atoms with Crippen molar-refractivity contribution in [1.29, 1.82) is 0 Å². The van der Waals surface area contributed by atoms with Gasteiger partial charge in [0.2, 0.25) is 5.91 Å². The Kier molecular flexibility index (Phi) is 6.30. The minimum absolute atomic E-state index is 0.00177. The predicted octanol–water partition coefficient (Wildman–Crippen LogP) is 5.72. The van der Waals surface area contributed by atoms with E-state index in [1.54, 1.807) is 19.1 Å². The predicted molar refractivity (Wildman–Crippen MR) is 130 cm³/mol. The van der Waals surface area contributed by atoms with Crippen LogP contribution in [0.3, 0.4) is 0 Å². The Hall–Kier alpha value is -3.48. The summed E-state index contributed by atoms with van der Waals surface area (Å²) in [6, 6.07) is 12.6. The normalized spacial score (nSPS) is 19.8. The van der Waals surface area contributed by atoms with E-state index < -0.39 is 4.92 Å². The Bertz CT molecular complexity index is 1180. The molecule has 178 valence electrons. The van der Waals surface area contributed by atoms with Crippen LogP contribution in [0.1, 0.15) is 64.0 Å². The van der Waals surface area contributed by atoms with Crippen LogP contribution in [0.4, 0.5) is 11.4 Å². The van der Waals surface area contributed by atoms with Gasteiger partial charge in [-0.25, -0.2) is 0 Å². The van der Waals surface area contributed by atoms with E-state index in [2.05, 4.69) is 6.92 Å². The molecule has 2 aliphatic rings. The number of rotatable bonds is 6. The van der Waals surface area contributed by atoms with Crippen molar-refractivity contribution in [3.8, 4) is 5.75 Å². The lowest BCUT2D eigenvalue weighted by molar-refractivity contribution is -0.384. The fraction of sp³-hybridized carbons (Fsp3) is 0.407. The van der Waals surface area contributed by atoms with Gasteiger partial charge in [0.05, 0.1) is 17.6 Å². The van der Waals surface area contributed by atoms with Crippen LogP contribution in [-0.4, -0.2) is 23.2 Å². The number of hydrogen-bond acceptors (Lipinski definition) is 5. The summed E-state index contributed by atoms with van der Waals surface area (Å²) in [4.78, 5) is 39.9. The highest BCUT2D eigenvalue weighted by Crippen LogP contribution is 2.49. The van der Waals surface area contributed by atoms with E-state index >= 15 is 0 Å². The number of nitro groups is 1. The Morgan fingerprint density at radius 3 is 2.41 bits per heavy atom. The molecule has 7 nitrogen and oxygen atoms in total. The summed E-state index contributed by atoms with van der Waals surface area (Å²) in [5.74, 6) is -0.233. The lowest BCUT2D eigenvalue weighted by Crippen LogP contribution is -2.44. The summed E-state index contributed by atoms with van der Waals surface area (Å²) in [5.41, 5.74) is 2.89. The van der Waals surface area contributed by atoms with Gasteiger partial charge in [0.1, 0.15) is 11.4 Å². The highest BCUT2D eigenvalue weighted by molar-refractivity contribution is 6.08. The number of amides is 1. The number of aryl methyl sites for hydroxylation is 1. The maximum atomic E-state index is 13.6. The van der Waals surface area contributed by atoms with E-state index in [0.717, 1.165) is 12.0 Å². The second kappa shape index (κ2) is 9.05. The Labute approximate surface area is 199 Å². The number of nitrogens with zero attached hydrogens (tertiary/aromatic N) is 2. The lowest BCUT2D eigenvalue weighted by Gasteiger charge is -2.42. The first kappa shape index (κ1) is 23.7. The first-order valence-electron chi connectivity index (χ1n) is 11.7. The molecular weight excluding hydrogens is 432 g/mol. The zero-order valence-corrected chi connectivity index (χ0v) is 20.1. The van der Waals surface area contributed by atoms with E-state index in [9.17, 15) is 19.7 Å². The van der Waals surface area contributed by atoms with Gasteiger partial charge in [-0.1, -0.05) is 45.0 Å².